The second-order valence-corrected chi connectivity index (χ2v) is 27.9. The van der Waals surface area contributed by atoms with Crippen molar-refractivity contribution in [2.75, 3.05) is 198 Å². The number of hydrogen-bond donors (Lipinski definition) is 3. The zero-order valence-corrected chi connectivity index (χ0v) is 73.6. The molecule has 2 fully saturated rings. The van der Waals surface area contributed by atoms with E-state index in [0.717, 1.165) is 112 Å². The maximum absolute atomic E-state index is 13.3. The first-order valence-corrected chi connectivity index (χ1v) is 38.1. The van der Waals surface area contributed by atoms with Crippen molar-refractivity contribution in [2.45, 2.75) is 98.0 Å². The number of alkyl halides is 6. The fourth-order valence-electron chi connectivity index (χ4n) is 10.4. The van der Waals surface area contributed by atoms with Crippen LogP contribution in [0, 0.1) is 39.5 Å². The summed E-state index contributed by atoms with van der Waals surface area (Å²) in [5.41, 5.74) is 13.1. The molecule has 9 rings (SSSR count). The summed E-state index contributed by atoms with van der Waals surface area (Å²) in [6.07, 6.45) is 3.61. The van der Waals surface area contributed by atoms with Crippen molar-refractivity contribution in [3.05, 3.63) is 182 Å². The number of hydrogen-bond acceptors (Lipinski definition) is 28. The number of methoxy groups -OCH3 is 5. The number of nitrogens with zero attached hydrogens (tertiary/aromatic N) is 15. The maximum atomic E-state index is 13.3. The fraction of sp³-hybridized carbons (Fsp3) is 0.512. The molecule has 0 bridgehead atoms. The third kappa shape index (κ3) is 45.8. The van der Waals surface area contributed by atoms with Crippen molar-refractivity contribution in [3.8, 4) is 0 Å². The Morgan fingerprint density at radius 2 is 0.899 bits per heavy atom. The molecule has 0 atom stereocenters. The summed E-state index contributed by atoms with van der Waals surface area (Å²) in [5.74, 6) is 5.37. The Balaban J connectivity index is 0.00000143. The number of ketones is 2. The van der Waals surface area contributed by atoms with E-state index in [-0.39, 0.29) is 80.6 Å². The van der Waals surface area contributed by atoms with Gasteiger partial charge < -0.3 is 77.3 Å². The van der Waals surface area contributed by atoms with Crippen molar-refractivity contribution < 1.29 is 94.7 Å². The first-order chi connectivity index (χ1) is 55.4. The number of anilines is 7. The smallest absolute Gasteiger partial charge is 0.397 e. The number of ether oxygens (including phenoxy) is 5. The number of pyridine rings is 7. The molecular weight excluding hydrogens is 1700 g/mol. The van der Waals surface area contributed by atoms with Crippen LogP contribution in [0.1, 0.15) is 93.4 Å². The van der Waals surface area contributed by atoms with Crippen molar-refractivity contribution in [1.29, 1.82) is 0 Å². The number of nitrogens with one attached hydrogen (secondary N) is 1. The second kappa shape index (κ2) is 60.5. The van der Waals surface area contributed by atoms with Gasteiger partial charge in [-0.15, -0.1) is 0 Å². The van der Waals surface area contributed by atoms with Crippen LogP contribution in [0.2, 0.25) is 5.15 Å². The predicted molar refractivity (Wildman–Crippen MR) is 452 cm³/mol. The number of Topliss-reactive ketones (excluding diaryl/α,β-unsaturated/α-hetero) is 2. The maximum Gasteiger partial charge on any atom is 0.433 e. The van der Waals surface area contributed by atoms with Crippen LogP contribution in [0.4, 0.5) is 78.3 Å². The molecule has 0 aliphatic carbocycles. The zero-order chi connectivity index (χ0) is 87.6. The number of rotatable bonds is 31. The van der Waals surface area contributed by atoms with E-state index in [9.17, 15) is 61.0 Å². The molecule has 119 heavy (non-hydrogen) atoms. The minimum atomic E-state index is -4.50. The molecular formula is C80H117Cl2F6N18O12Pd-. The molecule has 0 amide bonds. The number of aromatic nitrogens is 7. The topological polar surface area (TPSA) is 357 Å². The molecule has 39 heteroatoms. The van der Waals surface area contributed by atoms with E-state index < -0.39 is 33.6 Å². The molecule has 0 spiro atoms. The Bertz CT molecular complexity index is 3960. The van der Waals surface area contributed by atoms with Crippen LogP contribution in [0.25, 0.3) is 0 Å². The van der Waals surface area contributed by atoms with Gasteiger partial charge in [-0.2, -0.15) is 26.3 Å². The van der Waals surface area contributed by atoms with E-state index in [1.807, 2.05) is 101 Å². The minimum absolute atomic E-state index is 0. The predicted octanol–water partition coefficient (Wildman–Crippen LogP) is 13.2. The molecule has 0 unspecified atom stereocenters. The number of halogens is 8. The number of nitro groups is 2. The summed E-state index contributed by atoms with van der Waals surface area (Å²) < 4.78 is 103. The summed E-state index contributed by atoms with van der Waals surface area (Å²) in [6.45, 7) is 17.5. The number of carbonyl (C=O) groups is 3. The standard InChI is InChI=1S/C25H33F3N4O2.C13H18F3N3.C12H18N2O2.C9H13N3O3.C9H15N3O.C5H3ClN2O2.C4H11NO.C2H3ClO.CH3.Pd/c1-18-10-12-32(13-11-18)24-20(6-8-22(30-24)25(26,27)28)5-7-21(33)16-19-4-9-23(29-17-19)31(2)14-15-34-3;1-9-4-6-19(7-5-9)12-10(8-17)2-3-11(18-12)13(14,15)16;1-10(15)8-11-4-5-12(13-9-11)14(2)6-7-16-3;1-11(5-6-15-2)9-4-3-8(7-10-9)12(13)14;1-12(5-6-13-2)9-4-3-8(10)7-11-9;6-5-2-1-4(3-7-5)8(9)10;1-5-3-4-6-2;1-2(3)4;;/h4,6,8-9,17-18H,5,7,10-16H2,1-3H3;2-3,9H,4-8,17H2,1H3;4-5,9H,6-8H2,1-3H3;3-4,7H,5-6H2,1-2H3;3-4,7H,5-6,10H2,1-2H3;1-3H;5H,3-4H2,1-2H3;1H3;1H3;/q;;;;;;;;-1;. The third-order valence-corrected chi connectivity index (χ3v) is 17.5. The minimum Gasteiger partial charge on any atom is -0.397 e. The summed E-state index contributed by atoms with van der Waals surface area (Å²) in [5, 5.41) is 23.3. The summed E-state index contributed by atoms with van der Waals surface area (Å²) in [4.78, 5) is 92.1. The SMILES string of the molecule is CC(=O)Cl.CC1CCN(c2nc(C(F)(F)F)ccc2CN)CC1.CNCCOC.COCCN(C)c1ccc(CC(=O)CCc2ccc(C(F)(F)F)nc2N2CCC(C)CC2)cn1.COCCN(C)c1ccc(CC(C)=O)cn1.COCCN(C)c1ccc(N)cn1.COCCN(C)c1ccc([N+](=O)[O-])cn1.O=[N+]([O-])c1ccc(Cl)nc1.[CH3-].[Pd]. The van der Waals surface area contributed by atoms with Crippen LogP contribution in [-0.2, 0) is 96.7 Å². The molecule has 0 aromatic carbocycles. The number of nitrogen functional groups attached to an aromatic ring is 1. The van der Waals surface area contributed by atoms with Gasteiger partial charge in [0.2, 0.25) is 5.24 Å². The molecule has 7 aromatic heterocycles. The van der Waals surface area contributed by atoms with Gasteiger partial charge >= 0.3 is 12.4 Å². The van der Waals surface area contributed by atoms with Crippen LogP contribution < -0.4 is 46.2 Å². The van der Waals surface area contributed by atoms with Crippen LogP contribution in [0.15, 0.2) is 116 Å². The van der Waals surface area contributed by atoms with Crippen LogP contribution in [0.5, 0.6) is 0 Å². The number of carbonyl (C=O) groups excluding carboxylic acids is 3. The molecule has 7 aromatic rings. The first-order valence-electron chi connectivity index (χ1n) is 37.4. The normalized spacial score (nSPS) is 12.3. The van der Waals surface area contributed by atoms with Crippen LogP contribution in [-0.4, -0.2) is 224 Å². The molecule has 0 saturated carbocycles. The Morgan fingerprint density at radius 3 is 1.20 bits per heavy atom. The largest absolute Gasteiger partial charge is 0.433 e. The van der Waals surface area contributed by atoms with Gasteiger partial charge in [0.15, 0.2) is 0 Å². The van der Waals surface area contributed by atoms with E-state index >= 15 is 0 Å². The van der Waals surface area contributed by atoms with Gasteiger partial charge in [-0.3, -0.25) is 34.6 Å². The summed E-state index contributed by atoms with van der Waals surface area (Å²) in [7, 11) is 17.9. The molecule has 2 saturated heterocycles. The number of nitrogens with two attached hydrogens (primary N) is 2. The fourth-order valence-corrected chi connectivity index (χ4v) is 10.5. The van der Waals surface area contributed by atoms with E-state index in [1.165, 1.54) is 43.5 Å². The van der Waals surface area contributed by atoms with Gasteiger partial charge in [-0.1, -0.05) is 49.7 Å². The summed E-state index contributed by atoms with van der Waals surface area (Å²) >= 11 is 10.0. The quantitative estimate of drug-likeness (QED) is 0.00531. The summed E-state index contributed by atoms with van der Waals surface area (Å²) in [6, 6.07) is 22.0. The zero-order valence-electron chi connectivity index (χ0n) is 70.5. The van der Waals surface area contributed by atoms with Crippen molar-refractivity contribution >= 4 is 92.0 Å². The van der Waals surface area contributed by atoms with Crippen molar-refractivity contribution in [2.24, 2.45) is 17.6 Å². The van der Waals surface area contributed by atoms with E-state index in [1.54, 1.807) is 67.1 Å². The van der Waals surface area contributed by atoms with Gasteiger partial charge in [0.05, 0.1) is 54.8 Å². The third-order valence-electron chi connectivity index (χ3n) is 17.3. The molecule has 30 nitrogen and oxygen atoms in total. The van der Waals surface area contributed by atoms with Gasteiger partial charge in [0, 0.05) is 206 Å². The van der Waals surface area contributed by atoms with Gasteiger partial charge in [-0.25, -0.2) is 34.9 Å². The van der Waals surface area contributed by atoms with Crippen molar-refractivity contribution in [3.63, 3.8) is 0 Å². The second-order valence-electron chi connectivity index (χ2n) is 26.9. The molecule has 2 aliphatic rings. The van der Waals surface area contributed by atoms with E-state index in [4.69, 9.17) is 46.8 Å². The molecule has 0 radical (unpaired) electrons. The monoisotopic (exact) mass is 1810 g/mol. The Kier molecular flexibility index (Phi) is 55.9. The first kappa shape index (κ1) is 110. The van der Waals surface area contributed by atoms with E-state index in [0.29, 0.717) is 112 Å². The van der Waals surface area contributed by atoms with Crippen molar-refractivity contribution in [1.82, 2.24) is 40.2 Å². The molecule has 9 heterocycles. The number of likely N-dealkylation sites (N-methyl/N-ethyl adjacent to an activating group) is 5. The Labute approximate surface area is 718 Å². The van der Waals surface area contributed by atoms with Gasteiger partial charge in [0.25, 0.3) is 11.4 Å². The Hall–Kier alpha value is -9.00. The van der Waals surface area contributed by atoms with Gasteiger partial charge in [-0.05, 0) is 135 Å². The van der Waals surface area contributed by atoms with E-state index in [2.05, 4.69) is 65.7 Å². The van der Waals surface area contributed by atoms with Crippen LogP contribution in [0.3, 0.4) is 0 Å². The molecule has 2 aliphatic heterocycles. The number of aryl methyl sites for hydroxylation is 1. The average Bonchev–Trinajstić information content (AvgIpc) is 0.808. The number of piperidine rings is 2. The Morgan fingerprint density at radius 1 is 0.546 bits per heavy atom. The molecule has 666 valence electrons. The van der Waals surface area contributed by atoms with Crippen LogP contribution >= 0.6 is 23.2 Å². The van der Waals surface area contributed by atoms with Gasteiger partial charge in [0.1, 0.15) is 75.4 Å². The molecule has 5 N–H and O–H groups in total. The average molecular weight is 1810 g/mol.